The maximum absolute atomic E-state index is 9.65. The quantitative estimate of drug-likeness (QED) is 0.275. The van der Waals surface area contributed by atoms with Gasteiger partial charge in [0.05, 0.1) is 0 Å². The molecule has 11 heteroatoms. The Balaban J connectivity index is -0.000000115. The molecule has 2 atom stereocenters. The fourth-order valence-electron chi connectivity index (χ4n) is 2.47. The van der Waals surface area contributed by atoms with Crippen molar-refractivity contribution in [3.8, 4) is 0 Å². The average Bonchev–Trinajstić information content (AvgIpc) is 2.82. The minimum Gasteiger partial charge on any atom is -0.550 e. The second-order valence-corrected chi connectivity index (χ2v) is 8.51. The van der Waals surface area contributed by atoms with Crippen molar-refractivity contribution in [2.45, 2.75) is 143 Å². The van der Waals surface area contributed by atoms with Crippen LogP contribution in [0.5, 0.6) is 0 Å². The van der Waals surface area contributed by atoms with Gasteiger partial charge in [0.2, 0.25) is 0 Å². The molecule has 0 aromatic heterocycles. The van der Waals surface area contributed by atoms with E-state index in [0.717, 1.165) is 64.2 Å². The molecule has 1 rings (SSSR count). The molecule has 1 saturated carbocycles. The third-order valence-corrected chi connectivity index (χ3v) is 4.81. The zero-order valence-electron chi connectivity index (χ0n) is 23.2. The van der Waals surface area contributed by atoms with E-state index >= 15 is 0 Å². The van der Waals surface area contributed by atoms with Crippen LogP contribution in [-0.2, 0) is 40.2 Å². The monoisotopic (exact) mass is 713 g/mol. The number of unbranched alkanes of at least 4 members (excludes halogenated alkanes) is 4. The van der Waals surface area contributed by atoms with Crippen molar-refractivity contribution in [3.05, 3.63) is 0 Å². The molecule has 1 fully saturated rings. The molecule has 0 saturated heterocycles. The summed E-state index contributed by atoms with van der Waals surface area (Å²) in [6.45, 7) is 7.79. The first-order valence-electron chi connectivity index (χ1n) is 13.2. The number of hydrogen-bond donors (Lipinski definition) is 2. The van der Waals surface area contributed by atoms with Crippen molar-refractivity contribution >= 4 is 23.9 Å². The Morgan fingerprint density at radius 3 is 0.811 bits per heavy atom. The summed E-state index contributed by atoms with van der Waals surface area (Å²) in [5.74, 6) is -3.77. The molecule has 0 aliphatic heterocycles. The van der Waals surface area contributed by atoms with E-state index in [1.807, 2.05) is 27.7 Å². The van der Waals surface area contributed by atoms with E-state index in [1.54, 1.807) is 0 Å². The Hall–Kier alpha value is -1.51. The molecule has 0 spiro atoms. The smallest absolute Gasteiger partial charge is 0.550 e. The van der Waals surface area contributed by atoms with E-state index in [2.05, 4.69) is 0 Å². The number of nitrogens with two attached hydrogens (primary N) is 2. The number of carboxylic acid groups (broad SMARTS) is 4. The molecule has 0 radical (unpaired) electrons. The molecule has 0 aromatic rings. The summed E-state index contributed by atoms with van der Waals surface area (Å²) in [4.78, 5) is 38.6. The number of carboxylic acids is 4. The van der Waals surface area contributed by atoms with Gasteiger partial charge in [-0.3, -0.25) is 0 Å². The maximum Gasteiger partial charge on any atom is 4.00 e. The van der Waals surface area contributed by atoms with Crippen LogP contribution < -0.4 is 31.9 Å². The maximum atomic E-state index is 9.65. The van der Waals surface area contributed by atoms with Crippen LogP contribution in [0, 0.1) is 0 Å². The number of aliphatic carboxylic acids is 4. The van der Waals surface area contributed by atoms with Crippen LogP contribution in [0.3, 0.4) is 0 Å². The summed E-state index contributed by atoms with van der Waals surface area (Å²) in [6, 6.07) is 0.562. The van der Waals surface area contributed by atoms with E-state index in [4.69, 9.17) is 11.5 Å². The summed E-state index contributed by atoms with van der Waals surface area (Å²) in [5.41, 5.74) is 11.3. The Labute approximate surface area is 238 Å². The first kappa shape index (κ1) is 45.4. The molecule has 0 amide bonds. The molecule has 0 unspecified atom stereocenters. The first-order valence-corrected chi connectivity index (χ1v) is 13.2. The fourth-order valence-corrected chi connectivity index (χ4v) is 2.47. The molecule has 10 nitrogen and oxygen atoms in total. The Morgan fingerprint density at radius 1 is 0.541 bits per heavy atom. The van der Waals surface area contributed by atoms with Crippen LogP contribution in [-0.4, -0.2) is 36.0 Å². The summed E-state index contributed by atoms with van der Waals surface area (Å²) >= 11 is 0. The first-order chi connectivity index (χ1) is 16.9. The van der Waals surface area contributed by atoms with Gasteiger partial charge in [-0.1, -0.05) is 66.2 Å². The van der Waals surface area contributed by atoms with Crippen molar-refractivity contribution in [2.24, 2.45) is 11.5 Å². The zero-order valence-corrected chi connectivity index (χ0v) is 25.5. The summed E-state index contributed by atoms with van der Waals surface area (Å²) in [6.07, 6.45) is 12.3. The predicted octanol–water partition coefficient (Wildman–Crippen LogP) is -0.0815. The molecular weight excluding hydrogens is 663 g/mol. The number of carbonyl (C=O) groups excluding carboxylic acids is 4. The second-order valence-electron chi connectivity index (χ2n) is 8.51. The topological polar surface area (TPSA) is 213 Å². The van der Waals surface area contributed by atoms with Gasteiger partial charge in [0, 0.05) is 36.0 Å². The SMILES string of the molecule is CCCCC(=O)[O-].CCCCC(=O)[O-].CCCCC(=O)[O-].CCCCC(=O)[O-].N[C@H]1CCCC[C@@H]1N.[Pt+4]. The van der Waals surface area contributed by atoms with Crippen molar-refractivity contribution in [2.75, 3.05) is 0 Å². The third-order valence-electron chi connectivity index (χ3n) is 4.81. The van der Waals surface area contributed by atoms with E-state index < -0.39 is 23.9 Å². The van der Waals surface area contributed by atoms with Crippen LogP contribution in [0.1, 0.15) is 130 Å². The van der Waals surface area contributed by atoms with Crippen LogP contribution in [0.25, 0.3) is 0 Å². The molecule has 222 valence electrons. The molecular formula is C26H50N2O8Pt. The van der Waals surface area contributed by atoms with E-state index in [1.165, 1.54) is 12.8 Å². The Kier molecular flexibility index (Phi) is 45.0. The van der Waals surface area contributed by atoms with Gasteiger partial charge in [0.25, 0.3) is 0 Å². The van der Waals surface area contributed by atoms with Crippen molar-refractivity contribution in [1.82, 2.24) is 0 Å². The molecule has 1 aliphatic rings. The van der Waals surface area contributed by atoms with Crippen LogP contribution in [0.4, 0.5) is 0 Å². The molecule has 0 bridgehead atoms. The van der Waals surface area contributed by atoms with Gasteiger partial charge in [-0.2, -0.15) is 0 Å². The Bertz CT molecular complexity index is 455. The fraction of sp³-hybridized carbons (Fsp3) is 0.846. The van der Waals surface area contributed by atoms with Gasteiger partial charge in [-0.15, -0.1) is 0 Å². The molecule has 0 heterocycles. The standard InChI is InChI=1S/C6H14N2.4C5H10O2.Pt/c7-5-3-1-2-4-6(5)8;4*1-2-3-4-5(6)7;/h5-6H,1-4,7-8H2;4*2-4H2,1H3,(H,6,7);/q;;;;;+4/p-4/t5-,6-;;;;;/m0...../s1. The van der Waals surface area contributed by atoms with Crippen LogP contribution in [0.15, 0.2) is 0 Å². The summed E-state index contributed by atoms with van der Waals surface area (Å²) in [7, 11) is 0. The van der Waals surface area contributed by atoms with Gasteiger partial charge in [-0.25, -0.2) is 0 Å². The summed E-state index contributed by atoms with van der Waals surface area (Å²) in [5, 5.41) is 38.6. The predicted molar refractivity (Wildman–Crippen MR) is 133 cm³/mol. The van der Waals surface area contributed by atoms with Gasteiger partial charge < -0.3 is 51.1 Å². The molecule has 1 aliphatic carbocycles. The minimum atomic E-state index is -0.943. The van der Waals surface area contributed by atoms with Crippen LogP contribution >= 0.6 is 0 Å². The number of rotatable bonds is 12. The second kappa shape index (κ2) is 36.6. The Morgan fingerprint density at radius 2 is 0.730 bits per heavy atom. The van der Waals surface area contributed by atoms with Gasteiger partial charge >= 0.3 is 21.1 Å². The normalized spacial score (nSPS) is 15.2. The van der Waals surface area contributed by atoms with Gasteiger partial charge in [0.15, 0.2) is 0 Å². The van der Waals surface area contributed by atoms with Crippen molar-refractivity contribution < 1.29 is 60.7 Å². The largest absolute Gasteiger partial charge is 4.00 e. The molecule has 0 aromatic carbocycles. The molecule has 37 heavy (non-hydrogen) atoms. The van der Waals surface area contributed by atoms with Crippen LogP contribution in [0.2, 0.25) is 0 Å². The molecule has 4 N–H and O–H groups in total. The van der Waals surface area contributed by atoms with E-state index in [-0.39, 0.29) is 58.8 Å². The average molecular weight is 714 g/mol. The van der Waals surface area contributed by atoms with E-state index in [9.17, 15) is 39.6 Å². The van der Waals surface area contributed by atoms with Crippen molar-refractivity contribution in [3.63, 3.8) is 0 Å². The van der Waals surface area contributed by atoms with Gasteiger partial charge in [-0.05, 0) is 64.2 Å². The van der Waals surface area contributed by atoms with E-state index in [0.29, 0.717) is 0 Å². The number of carbonyl (C=O) groups is 4. The summed E-state index contributed by atoms with van der Waals surface area (Å²) < 4.78 is 0. The van der Waals surface area contributed by atoms with Gasteiger partial charge in [0.1, 0.15) is 0 Å². The van der Waals surface area contributed by atoms with Crippen molar-refractivity contribution in [1.29, 1.82) is 0 Å². The minimum absolute atomic E-state index is 0. The third kappa shape index (κ3) is 56.0. The number of hydrogen-bond acceptors (Lipinski definition) is 10. The zero-order chi connectivity index (χ0) is 28.8.